The predicted molar refractivity (Wildman–Crippen MR) is 187 cm³/mol. The van der Waals surface area contributed by atoms with E-state index in [1.165, 1.54) is 6.07 Å². The lowest BCUT2D eigenvalue weighted by atomic mass is 9.90. The van der Waals surface area contributed by atoms with Gasteiger partial charge in [0.25, 0.3) is 5.91 Å². The zero-order chi connectivity index (χ0) is 35.4. The second kappa shape index (κ2) is 14.9. The first-order valence-electron chi connectivity index (χ1n) is 16.6. The smallest absolute Gasteiger partial charge is 0.383 e. The predicted octanol–water partition coefficient (Wildman–Crippen LogP) is 5.96. The van der Waals surface area contributed by atoms with Gasteiger partial charge in [-0.15, -0.1) is 0 Å². The van der Waals surface area contributed by atoms with Crippen LogP contribution in [0.3, 0.4) is 0 Å². The number of fused-ring (bicyclic) bond motifs is 1. The third-order valence-electron chi connectivity index (χ3n) is 9.15. The summed E-state index contributed by atoms with van der Waals surface area (Å²) in [4.78, 5) is 22.0. The number of hydrogen-bond acceptors (Lipinski definition) is 7. The molecule has 2 aliphatic rings. The van der Waals surface area contributed by atoms with Crippen LogP contribution in [0.15, 0.2) is 78.4 Å². The Morgan fingerprint density at radius 1 is 1.16 bits per heavy atom. The van der Waals surface area contributed by atoms with E-state index in [0.717, 1.165) is 36.0 Å². The lowest BCUT2D eigenvalue weighted by molar-refractivity contribution is -0.138. The SMILES string of the molecule is COCCn1cc(Nc2cccn3c(C#CC4=CC(C(=O)Nc5ccc(CN6CCC(N(C)C)C6)c(C(F)(F)F)c5)=CCC4C)cnc23)cn1. The maximum atomic E-state index is 14.2. The second-order valence-electron chi connectivity index (χ2n) is 13.0. The fourth-order valence-corrected chi connectivity index (χ4v) is 6.22. The lowest BCUT2D eigenvalue weighted by Crippen LogP contribution is -2.31. The number of nitrogens with one attached hydrogen (secondary N) is 2. The number of anilines is 3. The molecular weight excluding hydrogens is 645 g/mol. The second-order valence-corrected chi connectivity index (χ2v) is 13.0. The maximum Gasteiger partial charge on any atom is 0.416 e. The van der Waals surface area contributed by atoms with E-state index in [2.05, 4.69) is 37.5 Å². The number of rotatable bonds is 10. The minimum Gasteiger partial charge on any atom is -0.383 e. The van der Waals surface area contributed by atoms with Crippen LogP contribution in [0, 0.1) is 17.8 Å². The van der Waals surface area contributed by atoms with Gasteiger partial charge in [0, 0.05) is 62.0 Å². The molecule has 10 nitrogen and oxygen atoms in total. The van der Waals surface area contributed by atoms with Crippen LogP contribution in [0.5, 0.6) is 0 Å². The zero-order valence-electron chi connectivity index (χ0n) is 28.6. The number of amides is 1. The van der Waals surface area contributed by atoms with E-state index in [1.807, 2.05) is 54.8 Å². The maximum absolute atomic E-state index is 14.2. The Morgan fingerprint density at radius 3 is 2.76 bits per heavy atom. The van der Waals surface area contributed by atoms with Gasteiger partial charge in [0.15, 0.2) is 5.65 Å². The summed E-state index contributed by atoms with van der Waals surface area (Å²) in [6.45, 7) is 4.87. The number of halogens is 3. The van der Waals surface area contributed by atoms with Gasteiger partial charge in [-0.05, 0) is 74.7 Å². The third-order valence-corrected chi connectivity index (χ3v) is 9.15. The molecule has 6 rings (SSSR count). The topological polar surface area (TPSA) is 92.0 Å². The average Bonchev–Trinajstić information content (AvgIpc) is 3.84. The minimum atomic E-state index is -4.55. The summed E-state index contributed by atoms with van der Waals surface area (Å²) in [7, 11) is 5.62. The highest BCUT2D eigenvalue weighted by Crippen LogP contribution is 2.35. The number of ether oxygens (including phenoxy) is 1. The highest BCUT2D eigenvalue weighted by atomic mass is 19.4. The first-order valence-corrected chi connectivity index (χ1v) is 16.6. The van der Waals surface area contributed by atoms with Crippen molar-refractivity contribution in [3.8, 4) is 11.8 Å². The summed E-state index contributed by atoms with van der Waals surface area (Å²) < 4.78 is 51.3. The van der Waals surface area contributed by atoms with Gasteiger partial charge in [-0.25, -0.2) is 4.98 Å². The number of aromatic nitrogens is 4. The lowest BCUT2D eigenvalue weighted by Gasteiger charge is -2.22. The number of methoxy groups -OCH3 is 1. The van der Waals surface area contributed by atoms with Crippen molar-refractivity contribution in [3.05, 3.63) is 95.2 Å². The number of likely N-dealkylation sites (tertiary alicyclic amines) is 1. The van der Waals surface area contributed by atoms with E-state index in [4.69, 9.17) is 4.74 Å². The Morgan fingerprint density at radius 2 is 2.00 bits per heavy atom. The number of carbonyl (C=O) groups is 1. The normalized spacial score (nSPS) is 18.2. The van der Waals surface area contributed by atoms with E-state index in [9.17, 15) is 18.0 Å². The van der Waals surface area contributed by atoms with Crippen LogP contribution < -0.4 is 10.6 Å². The van der Waals surface area contributed by atoms with Crippen molar-refractivity contribution in [1.82, 2.24) is 29.0 Å². The van der Waals surface area contributed by atoms with Gasteiger partial charge in [0.05, 0.1) is 42.5 Å². The Labute approximate surface area is 289 Å². The third kappa shape index (κ3) is 8.10. The van der Waals surface area contributed by atoms with Gasteiger partial charge in [-0.1, -0.05) is 25.0 Å². The van der Waals surface area contributed by atoms with E-state index < -0.39 is 17.6 Å². The van der Waals surface area contributed by atoms with Crippen molar-refractivity contribution in [1.29, 1.82) is 0 Å². The van der Waals surface area contributed by atoms with Crippen LogP contribution in [0.2, 0.25) is 0 Å². The van der Waals surface area contributed by atoms with Gasteiger partial charge in [-0.2, -0.15) is 18.3 Å². The molecular formula is C37H41F3N8O2. The molecule has 0 bridgehead atoms. The van der Waals surface area contributed by atoms with Crippen LogP contribution in [-0.4, -0.2) is 81.8 Å². The Bertz CT molecular complexity index is 1980. The molecule has 2 unspecified atom stereocenters. The van der Waals surface area contributed by atoms with Crippen molar-refractivity contribution in [3.63, 3.8) is 0 Å². The number of nitrogens with zero attached hydrogens (tertiary/aromatic N) is 6. The molecule has 2 atom stereocenters. The van der Waals surface area contributed by atoms with Crippen molar-refractivity contribution >= 4 is 28.6 Å². The molecule has 4 heterocycles. The number of imidazole rings is 1. The fraction of sp³-hybridized carbons (Fsp3) is 0.378. The van der Waals surface area contributed by atoms with Gasteiger partial charge >= 0.3 is 6.18 Å². The van der Waals surface area contributed by atoms with Crippen molar-refractivity contribution in [2.75, 3.05) is 51.5 Å². The van der Waals surface area contributed by atoms with Crippen molar-refractivity contribution < 1.29 is 22.7 Å². The van der Waals surface area contributed by atoms with Crippen LogP contribution in [-0.2, 0) is 28.8 Å². The Balaban J connectivity index is 1.15. The largest absolute Gasteiger partial charge is 0.416 e. The molecule has 50 heavy (non-hydrogen) atoms. The van der Waals surface area contributed by atoms with Gasteiger partial charge in [0.1, 0.15) is 5.69 Å². The van der Waals surface area contributed by atoms with Crippen LogP contribution >= 0.6 is 0 Å². The number of allylic oxidation sites excluding steroid dienone is 2. The number of benzene rings is 1. The molecule has 262 valence electrons. The molecule has 4 aromatic rings. The molecule has 3 aromatic heterocycles. The van der Waals surface area contributed by atoms with Crippen LogP contribution in [0.1, 0.15) is 36.6 Å². The highest BCUT2D eigenvalue weighted by Gasteiger charge is 2.35. The van der Waals surface area contributed by atoms with Crippen molar-refractivity contribution in [2.24, 2.45) is 5.92 Å². The average molecular weight is 687 g/mol. The van der Waals surface area contributed by atoms with Gasteiger partial charge < -0.3 is 20.3 Å². The molecule has 13 heteroatoms. The molecule has 1 fully saturated rings. The summed E-state index contributed by atoms with van der Waals surface area (Å²) in [6.07, 6.45) is 7.63. The molecule has 1 aliphatic heterocycles. The number of likely N-dealkylation sites (N-methyl/N-ethyl adjacent to an activating group) is 1. The molecule has 0 saturated carbocycles. The van der Waals surface area contributed by atoms with Crippen LogP contribution in [0.25, 0.3) is 5.65 Å². The molecule has 0 spiro atoms. The summed E-state index contributed by atoms with van der Waals surface area (Å²) in [6, 6.07) is 8.19. The van der Waals surface area contributed by atoms with E-state index in [0.29, 0.717) is 49.1 Å². The van der Waals surface area contributed by atoms with E-state index in [-0.39, 0.29) is 23.7 Å². The molecule has 0 radical (unpaired) electrons. The minimum absolute atomic E-state index is 0.0545. The fourth-order valence-electron chi connectivity index (χ4n) is 6.22. The number of alkyl halides is 3. The Kier molecular flexibility index (Phi) is 10.4. The quantitative estimate of drug-likeness (QED) is 0.199. The number of pyridine rings is 1. The zero-order valence-corrected chi connectivity index (χ0v) is 28.6. The van der Waals surface area contributed by atoms with E-state index in [1.54, 1.807) is 42.4 Å². The summed E-state index contributed by atoms with van der Waals surface area (Å²) in [5.74, 6) is 5.98. The first-order chi connectivity index (χ1) is 24.0. The molecule has 2 N–H and O–H groups in total. The van der Waals surface area contributed by atoms with Gasteiger partial charge in [-0.3, -0.25) is 18.8 Å². The summed E-state index contributed by atoms with van der Waals surface area (Å²) >= 11 is 0. The molecule has 1 saturated heterocycles. The van der Waals surface area contributed by atoms with Crippen molar-refractivity contribution in [2.45, 2.75) is 45.1 Å². The molecule has 1 aliphatic carbocycles. The number of carbonyl (C=O) groups excluding carboxylic acids is 1. The standard InChI is InChI=1S/C37H41F3N8O2/c1-25-7-8-27(36(49)44-29-11-9-28(33(19-29)37(38,39)40)22-46-15-13-32(24-46)45(2)3)18-26(25)10-12-31-21-41-35-34(6-5-14-48(31)35)43-30-20-42-47(23-30)16-17-50-4/h5-6,8-9,11,14,18-21,23,25,32,43H,7,13,15-17,22,24H2,1-4H3,(H,44,49). The van der Waals surface area contributed by atoms with Crippen LogP contribution in [0.4, 0.5) is 30.2 Å². The monoisotopic (exact) mass is 686 g/mol. The molecule has 1 aromatic carbocycles. The van der Waals surface area contributed by atoms with E-state index >= 15 is 0 Å². The van der Waals surface area contributed by atoms with Gasteiger partial charge in [0.2, 0.25) is 0 Å². The summed E-state index contributed by atoms with van der Waals surface area (Å²) in [5, 5.41) is 10.4. The molecule has 1 amide bonds. The highest BCUT2D eigenvalue weighted by molar-refractivity contribution is 6.06. The number of hydrogen-bond donors (Lipinski definition) is 2. The summed E-state index contributed by atoms with van der Waals surface area (Å²) in [5.41, 5.74) is 3.61. The Hall–Kier alpha value is -4.90. The first kappa shape index (κ1) is 34.9.